The van der Waals surface area contributed by atoms with Crippen molar-refractivity contribution in [2.24, 2.45) is 0 Å². The molecule has 0 saturated carbocycles. The number of esters is 1. The first kappa shape index (κ1) is 22.0. The first-order chi connectivity index (χ1) is 15.4. The number of amides is 2. The van der Waals surface area contributed by atoms with Crippen LogP contribution in [-0.4, -0.2) is 22.0 Å². The van der Waals surface area contributed by atoms with E-state index in [2.05, 4.69) is 15.9 Å². The molecule has 2 amide bonds. The zero-order valence-corrected chi connectivity index (χ0v) is 19.5. The van der Waals surface area contributed by atoms with Crippen molar-refractivity contribution in [3.05, 3.63) is 104 Å². The molecule has 1 fully saturated rings. The first-order valence-electron chi connectivity index (χ1n) is 9.78. The number of hydrogen-bond donors (Lipinski definition) is 0. The fraction of sp³-hybridized carbons (Fsp3) is 0.0800. The Morgan fingerprint density at radius 2 is 1.78 bits per heavy atom. The van der Waals surface area contributed by atoms with Gasteiger partial charge < -0.3 is 4.74 Å². The van der Waals surface area contributed by atoms with Crippen molar-refractivity contribution in [2.75, 3.05) is 0 Å². The van der Waals surface area contributed by atoms with Crippen LogP contribution in [-0.2, 0) is 11.3 Å². The highest BCUT2D eigenvalue weighted by molar-refractivity contribution is 9.10. The summed E-state index contributed by atoms with van der Waals surface area (Å²) < 4.78 is 6.30. The van der Waals surface area contributed by atoms with E-state index in [1.54, 1.807) is 42.5 Å². The molecule has 1 aliphatic rings. The van der Waals surface area contributed by atoms with Gasteiger partial charge in [-0.25, -0.2) is 4.79 Å². The van der Waals surface area contributed by atoms with Crippen molar-refractivity contribution < 1.29 is 19.1 Å². The summed E-state index contributed by atoms with van der Waals surface area (Å²) in [7, 11) is 0. The predicted octanol–water partition coefficient (Wildman–Crippen LogP) is 6.21. The van der Waals surface area contributed by atoms with E-state index in [9.17, 15) is 14.4 Å². The Kier molecular flexibility index (Phi) is 6.58. The molecule has 0 atom stereocenters. The summed E-state index contributed by atoms with van der Waals surface area (Å²) in [4.78, 5) is 39.2. The van der Waals surface area contributed by atoms with Crippen molar-refractivity contribution in [2.45, 2.75) is 13.5 Å². The molecular formula is C25H18BrNO4S. The number of aryl methyl sites for hydroxylation is 1. The number of rotatable bonds is 5. The van der Waals surface area contributed by atoms with Crippen LogP contribution in [0.15, 0.2) is 82.2 Å². The van der Waals surface area contributed by atoms with E-state index in [1.807, 2.05) is 43.3 Å². The van der Waals surface area contributed by atoms with Gasteiger partial charge in [-0.1, -0.05) is 64.0 Å². The van der Waals surface area contributed by atoms with Crippen molar-refractivity contribution in [3.63, 3.8) is 0 Å². The highest BCUT2D eigenvalue weighted by atomic mass is 79.9. The van der Waals surface area contributed by atoms with E-state index in [-0.39, 0.29) is 17.7 Å². The SMILES string of the molecule is Cc1ccc(C(=O)Oc2cccc(/C=C3\SC(=O)N(Cc4ccccc4Br)C3=O)c2)cc1. The van der Waals surface area contributed by atoms with E-state index in [1.165, 1.54) is 4.90 Å². The number of hydrogen-bond acceptors (Lipinski definition) is 5. The average molecular weight is 508 g/mol. The molecule has 5 nitrogen and oxygen atoms in total. The van der Waals surface area contributed by atoms with Crippen LogP contribution in [0, 0.1) is 6.92 Å². The Morgan fingerprint density at radius 1 is 1.03 bits per heavy atom. The predicted molar refractivity (Wildman–Crippen MR) is 128 cm³/mol. The molecule has 0 aromatic heterocycles. The van der Waals surface area contributed by atoms with Gasteiger partial charge in [0.2, 0.25) is 0 Å². The molecule has 1 saturated heterocycles. The lowest BCUT2D eigenvalue weighted by atomic mass is 10.1. The van der Waals surface area contributed by atoms with Gasteiger partial charge in [0.15, 0.2) is 0 Å². The molecule has 32 heavy (non-hydrogen) atoms. The van der Waals surface area contributed by atoms with Gasteiger partial charge in [-0.2, -0.15) is 0 Å². The third-order valence-corrected chi connectivity index (χ3v) is 6.49. The average Bonchev–Trinajstić information content (AvgIpc) is 3.03. The van der Waals surface area contributed by atoms with Crippen LogP contribution in [0.5, 0.6) is 5.75 Å². The van der Waals surface area contributed by atoms with Crippen molar-refractivity contribution in [1.82, 2.24) is 4.90 Å². The van der Waals surface area contributed by atoms with E-state index in [0.717, 1.165) is 27.4 Å². The molecule has 0 spiro atoms. The number of ether oxygens (including phenoxy) is 1. The van der Waals surface area contributed by atoms with Crippen molar-refractivity contribution >= 4 is 50.9 Å². The zero-order chi connectivity index (χ0) is 22.7. The van der Waals surface area contributed by atoms with Gasteiger partial charge in [0, 0.05) is 4.47 Å². The largest absolute Gasteiger partial charge is 0.423 e. The summed E-state index contributed by atoms with van der Waals surface area (Å²) in [5.41, 5.74) is 3.01. The van der Waals surface area contributed by atoms with Crippen molar-refractivity contribution in [3.8, 4) is 5.75 Å². The summed E-state index contributed by atoms with van der Waals surface area (Å²) in [5, 5.41) is -0.320. The van der Waals surface area contributed by atoms with Crippen LogP contribution in [0.1, 0.15) is 27.0 Å². The van der Waals surface area contributed by atoms with Gasteiger partial charge in [-0.15, -0.1) is 0 Å². The van der Waals surface area contributed by atoms with Gasteiger partial charge in [-0.05, 0) is 66.2 Å². The highest BCUT2D eigenvalue weighted by Gasteiger charge is 2.35. The van der Waals surface area contributed by atoms with E-state index in [4.69, 9.17) is 4.74 Å². The summed E-state index contributed by atoms with van der Waals surface area (Å²) in [6.45, 7) is 2.14. The smallest absolute Gasteiger partial charge is 0.343 e. The number of benzene rings is 3. The van der Waals surface area contributed by atoms with E-state index >= 15 is 0 Å². The van der Waals surface area contributed by atoms with Gasteiger partial charge in [0.25, 0.3) is 11.1 Å². The van der Waals surface area contributed by atoms with Gasteiger partial charge in [-0.3, -0.25) is 14.5 Å². The molecule has 4 rings (SSSR count). The van der Waals surface area contributed by atoms with Crippen LogP contribution in [0.25, 0.3) is 6.08 Å². The third-order valence-electron chi connectivity index (χ3n) is 4.81. The highest BCUT2D eigenvalue weighted by Crippen LogP contribution is 2.34. The Balaban J connectivity index is 1.49. The van der Waals surface area contributed by atoms with Crippen molar-refractivity contribution in [1.29, 1.82) is 0 Å². The maximum atomic E-state index is 12.8. The lowest BCUT2D eigenvalue weighted by molar-refractivity contribution is -0.123. The monoisotopic (exact) mass is 507 g/mol. The molecule has 3 aromatic carbocycles. The van der Waals surface area contributed by atoms with Crippen LogP contribution in [0.2, 0.25) is 0 Å². The molecule has 0 N–H and O–H groups in total. The van der Waals surface area contributed by atoms with Crippen LogP contribution in [0.3, 0.4) is 0 Å². The van der Waals surface area contributed by atoms with Gasteiger partial charge in [0.05, 0.1) is 17.0 Å². The first-order valence-corrected chi connectivity index (χ1v) is 11.4. The minimum atomic E-state index is -0.462. The maximum Gasteiger partial charge on any atom is 0.343 e. The molecular weight excluding hydrogens is 490 g/mol. The van der Waals surface area contributed by atoms with Gasteiger partial charge >= 0.3 is 5.97 Å². The molecule has 7 heteroatoms. The minimum absolute atomic E-state index is 0.192. The number of carbonyl (C=O) groups excluding carboxylic acids is 3. The molecule has 1 heterocycles. The zero-order valence-electron chi connectivity index (χ0n) is 17.1. The summed E-state index contributed by atoms with van der Waals surface area (Å²) in [6, 6.07) is 21.4. The Morgan fingerprint density at radius 3 is 2.53 bits per heavy atom. The maximum absolute atomic E-state index is 12.8. The van der Waals surface area contributed by atoms with E-state index in [0.29, 0.717) is 21.8 Å². The number of thioether (sulfide) groups is 1. The lowest BCUT2D eigenvalue weighted by Gasteiger charge is -2.13. The van der Waals surface area contributed by atoms with Crippen LogP contribution < -0.4 is 4.74 Å². The van der Waals surface area contributed by atoms with Gasteiger partial charge in [0.1, 0.15) is 5.75 Å². The summed E-state index contributed by atoms with van der Waals surface area (Å²) in [5.74, 6) is -0.453. The summed E-state index contributed by atoms with van der Waals surface area (Å²) in [6.07, 6.45) is 1.63. The standard InChI is InChI=1S/C25H18BrNO4S/c1-16-9-11-18(12-10-16)24(29)31-20-7-4-5-17(13-20)14-22-23(28)27(25(30)32-22)15-19-6-2-3-8-21(19)26/h2-14H,15H2,1H3/b22-14-. The fourth-order valence-corrected chi connectivity index (χ4v) is 4.36. The second-order valence-corrected chi connectivity index (χ2v) is 9.03. The lowest BCUT2D eigenvalue weighted by Crippen LogP contribution is -2.27. The molecule has 0 radical (unpaired) electrons. The Hall–Kier alpha value is -3.16. The summed E-state index contributed by atoms with van der Waals surface area (Å²) >= 11 is 4.34. The molecule has 1 aliphatic heterocycles. The Labute approximate surface area is 198 Å². The number of carbonyl (C=O) groups is 3. The second kappa shape index (κ2) is 9.54. The quantitative estimate of drug-likeness (QED) is 0.233. The topological polar surface area (TPSA) is 63.7 Å². The third kappa shape index (κ3) is 5.00. The van der Waals surface area contributed by atoms with E-state index < -0.39 is 5.97 Å². The fourth-order valence-electron chi connectivity index (χ4n) is 3.11. The molecule has 3 aromatic rings. The number of halogens is 1. The minimum Gasteiger partial charge on any atom is -0.423 e. The second-order valence-electron chi connectivity index (χ2n) is 7.19. The molecule has 0 aliphatic carbocycles. The molecule has 0 bridgehead atoms. The van der Waals surface area contributed by atoms with Crippen LogP contribution >= 0.6 is 27.7 Å². The number of imide groups is 1. The van der Waals surface area contributed by atoms with Crippen LogP contribution in [0.4, 0.5) is 4.79 Å². The molecule has 0 unspecified atom stereocenters. The Bertz CT molecular complexity index is 1240. The molecule has 160 valence electrons. The normalized spacial score (nSPS) is 14.8. The number of nitrogens with zero attached hydrogens (tertiary/aromatic N) is 1.